The number of aryl methyl sites for hydroxylation is 1. The topological polar surface area (TPSA) is 54.8 Å². The molecule has 0 saturated carbocycles. The van der Waals surface area contributed by atoms with Crippen LogP contribution in [0.4, 0.5) is 0 Å². The van der Waals surface area contributed by atoms with Gasteiger partial charge in [0.25, 0.3) is 5.91 Å². The summed E-state index contributed by atoms with van der Waals surface area (Å²) >= 11 is 0. The van der Waals surface area contributed by atoms with Gasteiger partial charge in [0.15, 0.2) is 0 Å². The van der Waals surface area contributed by atoms with E-state index in [4.69, 9.17) is 4.74 Å². The number of hydrogen-bond donors (Lipinski definition) is 0. The van der Waals surface area contributed by atoms with Crippen LogP contribution in [0.5, 0.6) is 5.75 Å². The second-order valence-corrected chi connectivity index (χ2v) is 10.5. The minimum Gasteiger partial charge on any atom is -0.497 e. The number of amides is 2. The summed E-state index contributed by atoms with van der Waals surface area (Å²) in [5, 5.41) is 0. The van der Waals surface area contributed by atoms with Gasteiger partial charge in [0.1, 0.15) is 12.3 Å². The monoisotopic (exact) mass is 551 g/mol. The Labute approximate surface area is 244 Å². The molecule has 6 nitrogen and oxygen atoms in total. The van der Waals surface area contributed by atoms with Gasteiger partial charge in [0.05, 0.1) is 13.7 Å². The first kappa shape index (κ1) is 29.7. The van der Waals surface area contributed by atoms with Gasteiger partial charge in [0.2, 0.25) is 5.91 Å². The van der Waals surface area contributed by atoms with Crippen LogP contribution in [0.1, 0.15) is 59.9 Å². The molecule has 1 aromatic heterocycles. The molecular weight excluding hydrogens is 510 g/mol. The standard InChI is InChI=1S/C35H41N3O3/c1-5-27(3)38(35(40)31-19-17-28(6-2)18-20-31)26-34(39)37(23-29-12-8-7-9-13-29)25-32-15-11-21-36(32)24-30-14-10-16-33(22-30)41-4/h7-22,27H,5-6,23-26H2,1-4H3. The summed E-state index contributed by atoms with van der Waals surface area (Å²) in [7, 11) is 1.67. The average Bonchev–Trinajstić information content (AvgIpc) is 3.45. The number of carbonyl (C=O) groups is 2. The van der Waals surface area contributed by atoms with E-state index in [0.717, 1.165) is 35.4 Å². The maximum absolute atomic E-state index is 14.0. The highest BCUT2D eigenvalue weighted by Crippen LogP contribution is 2.19. The predicted molar refractivity (Wildman–Crippen MR) is 164 cm³/mol. The Balaban J connectivity index is 1.58. The van der Waals surface area contributed by atoms with Crippen LogP contribution >= 0.6 is 0 Å². The SMILES string of the molecule is CCc1ccc(C(=O)N(CC(=O)N(Cc2ccccc2)Cc2cccn2Cc2cccc(OC)c2)C(C)CC)cc1. The summed E-state index contributed by atoms with van der Waals surface area (Å²) in [6, 6.07) is 29.7. The van der Waals surface area contributed by atoms with Crippen LogP contribution < -0.4 is 4.74 Å². The molecule has 0 bridgehead atoms. The maximum Gasteiger partial charge on any atom is 0.254 e. The second kappa shape index (κ2) is 14.4. The molecule has 3 aromatic carbocycles. The third-order valence-corrected chi connectivity index (χ3v) is 7.63. The molecule has 0 aliphatic carbocycles. The Morgan fingerprint density at radius 2 is 1.56 bits per heavy atom. The Bertz CT molecular complexity index is 1410. The smallest absolute Gasteiger partial charge is 0.254 e. The zero-order valence-electron chi connectivity index (χ0n) is 24.6. The summed E-state index contributed by atoms with van der Waals surface area (Å²) in [4.78, 5) is 31.2. The minimum absolute atomic E-state index is 0.0206. The summed E-state index contributed by atoms with van der Waals surface area (Å²) < 4.78 is 7.56. The lowest BCUT2D eigenvalue weighted by Crippen LogP contribution is -2.46. The lowest BCUT2D eigenvalue weighted by atomic mass is 10.1. The molecule has 1 atom stereocenters. The van der Waals surface area contributed by atoms with Gasteiger partial charge < -0.3 is 19.1 Å². The zero-order valence-corrected chi connectivity index (χ0v) is 24.6. The minimum atomic E-state index is -0.114. The van der Waals surface area contributed by atoms with Crippen LogP contribution in [0.2, 0.25) is 0 Å². The number of rotatable bonds is 13. The second-order valence-electron chi connectivity index (χ2n) is 10.5. The van der Waals surface area contributed by atoms with Gasteiger partial charge in [-0.1, -0.05) is 68.4 Å². The van der Waals surface area contributed by atoms with Crippen LogP contribution in [0.15, 0.2) is 97.2 Å². The molecule has 0 aliphatic rings. The Kier molecular flexibility index (Phi) is 10.4. The molecule has 4 rings (SSSR count). The number of ether oxygens (including phenoxy) is 1. The van der Waals surface area contributed by atoms with Crippen LogP contribution in [0.25, 0.3) is 0 Å². The molecule has 0 radical (unpaired) electrons. The van der Waals surface area contributed by atoms with E-state index < -0.39 is 0 Å². The van der Waals surface area contributed by atoms with E-state index in [1.165, 1.54) is 5.56 Å². The summed E-state index contributed by atoms with van der Waals surface area (Å²) in [6.45, 7) is 7.71. The highest BCUT2D eigenvalue weighted by atomic mass is 16.5. The normalized spacial score (nSPS) is 11.6. The van der Waals surface area contributed by atoms with Crippen molar-refractivity contribution in [1.82, 2.24) is 14.4 Å². The van der Waals surface area contributed by atoms with E-state index in [-0.39, 0.29) is 24.4 Å². The lowest BCUT2D eigenvalue weighted by molar-refractivity contribution is -0.133. The molecule has 0 aliphatic heterocycles. The molecule has 41 heavy (non-hydrogen) atoms. The lowest BCUT2D eigenvalue weighted by Gasteiger charge is -2.31. The molecule has 0 spiro atoms. The molecule has 4 aromatic rings. The summed E-state index contributed by atoms with van der Waals surface area (Å²) in [6.07, 6.45) is 3.71. The van der Waals surface area contributed by atoms with Crippen LogP contribution in [0.3, 0.4) is 0 Å². The average molecular weight is 552 g/mol. The molecule has 214 valence electrons. The first-order chi connectivity index (χ1) is 19.9. The summed E-state index contributed by atoms with van der Waals surface area (Å²) in [5.41, 5.74) is 4.97. The maximum atomic E-state index is 14.0. The van der Waals surface area contributed by atoms with E-state index in [2.05, 4.69) is 23.6 Å². The number of carbonyl (C=O) groups excluding carboxylic acids is 2. The molecule has 1 heterocycles. The van der Waals surface area contributed by atoms with E-state index in [1.54, 1.807) is 12.0 Å². The molecule has 1 unspecified atom stereocenters. The van der Waals surface area contributed by atoms with Gasteiger partial charge in [-0.25, -0.2) is 0 Å². The van der Waals surface area contributed by atoms with Crippen molar-refractivity contribution < 1.29 is 14.3 Å². The van der Waals surface area contributed by atoms with E-state index >= 15 is 0 Å². The van der Waals surface area contributed by atoms with Crippen molar-refractivity contribution in [2.24, 2.45) is 0 Å². The van der Waals surface area contributed by atoms with Gasteiger partial charge >= 0.3 is 0 Å². The third kappa shape index (κ3) is 7.88. The van der Waals surface area contributed by atoms with E-state index in [1.807, 2.05) is 104 Å². The van der Waals surface area contributed by atoms with Gasteiger partial charge in [-0.2, -0.15) is 0 Å². The van der Waals surface area contributed by atoms with Crippen molar-refractivity contribution >= 4 is 11.8 Å². The zero-order chi connectivity index (χ0) is 29.2. The van der Waals surface area contributed by atoms with Crippen molar-refractivity contribution in [2.75, 3.05) is 13.7 Å². The quantitative estimate of drug-likeness (QED) is 0.189. The highest BCUT2D eigenvalue weighted by molar-refractivity contribution is 5.96. The molecule has 0 N–H and O–H groups in total. The van der Waals surface area contributed by atoms with Crippen LogP contribution in [-0.4, -0.2) is 45.9 Å². The van der Waals surface area contributed by atoms with Crippen molar-refractivity contribution in [3.8, 4) is 5.75 Å². The first-order valence-electron chi connectivity index (χ1n) is 14.4. The number of nitrogens with zero attached hydrogens (tertiary/aromatic N) is 3. The number of benzene rings is 3. The Morgan fingerprint density at radius 1 is 0.829 bits per heavy atom. The highest BCUT2D eigenvalue weighted by Gasteiger charge is 2.26. The van der Waals surface area contributed by atoms with Crippen molar-refractivity contribution in [1.29, 1.82) is 0 Å². The Hall–Kier alpha value is -4.32. The predicted octanol–water partition coefficient (Wildman–Crippen LogP) is 6.58. The van der Waals surface area contributed by atoms with Crippen LogP contribution in [0, 0.1) is 0 Å². The molecule has 0 fully saturated rings. The van der Waals surface area contributed by atoms with Gasteiger partial charge in [-0.05, 0) is 72.9 Å². The molecule has 6 heteroatoms. The third-order valence-electron chi connectivity index (χ3n) is 7.63. The fourth-order valence-electron chi connectivity index (χ4n) is 4.89. The van der Waals surface area contributed by atoms with E-state index in [0.29, 0.717) is 25.2 Å². The molecule has 0 saturated heterocycles. The van der Waals surface area contributed by atoms with Gasteiger partial charge in [0, 0.05) is 36.6 Å². The largest absolute Gasteiger partial charge is 0.497 e. The Morgan fingerprint density at radius 3 is 2.24 bits per heavy atom. The van der Waals surface area contributed by atoms with Gasteiger partial charge in [-0.15, -0.1) is 0 Å². The van der Waals surface area contributed by atoms with Crippen molar-refractivity contribution in [2.45, 2.75) is 59.3 Å². The van der Waals surface area contributed by atoms with Crippen molar-refractivity contribution in [3.63, 3.8) is 0 Å². The molecule has 2 amide bonds. The first-order valence-corrected chi connectivity index (χ1v) is 14.4. The van der Waals surface area contributed by atoms with E-state index in [9.17, 15) is 9.59 Å². The fraction of sp³-hybridized carbons (Fsp3) is 0.314. The molecular formula is C35H41N3O3. The van der Waals surface area contributed by atoms with Crippen molar-refractivity contribution in [3.05, 3.63) is 125 Å². The number of hydrogen-bond acceptors (Lipinski definition) is 3. The van der Waals surface area contributed by atoms with Gasteiger partial charge in [-0.3, -0.25) is 9.59 Å². The number of aromatic nitrogens is 1. The van der Waals surface area contributed by atoms with Crippen LogP contribution in [-0.2, 0) is 30.8 Å². The summed E-state index contributed by atoms with van der Waals surface area (Å²) in [5.74, 6) is 0.620. The number of methoxy groups -OCH3 is 1. The fourth-order valence-corrected chi connectivity index (χ4v) is 4.89.